The van der Waals surface area contributed by atoms with Crippen LogP contribution in [-0.4, -0.2) is 28.1 Å². The van der Waals surface area contributed by atoms with Crippen molar-refractivity contribution >= 4 is 23.2 Å². The highest BCUT2D eigenvalue weighted by Crippen LogP contribution is 2.46. The number of halogens is 1. The first-order valence-electron chi connectivity index (χ1n) is 11.7. The third kappa shape index (κ3) is 4.32. The van der Waals surface area contributed by atoms with Gasteiger partial charge in [-0.05, 0) is 60.7 Å². The Morgan fingerprint density at radius 2 is 1.89 bits per heavy atom. The maximum atomic E-state index is 13.7. The van der Waals surface area contributed by atoms with Crippen molar-refractivity contribution < 1.29 is 18.7 Å². The smallest absolute Gasteiger partial charge is 0.261 e. The van der Waals surface area contributed by atoms with Crippen LogP contribution in [0.3, 0.4) is 0 Å². The molecule has 0 saturated heterocycles. The summed E-state index contributed by atoms with van der Waals surface area (Å²) in [6.45, 7) is 6.57. The fraction of sp³-hybridized carbons (Fsp3) is 0.296. The lowest BCUT2D eigenvalue weighted by Gasteiger charge is -2.39. The van der Waals surface area contributed by atoms with Gasteiger partial charge in [0.05, 0.1) is 12.8 Å². The van der Waals surface area contributed by atoms with Gasteiger partial charge < -0.3 is 15.4 Å². The van der Waals surface area contributed by atoms with Gasteiger partial charge in [0.2, 0.25) is 0 Å². The van der Waals surface area contributed by atoms with Crippen LogP contribution in [0.2, 0.25) is 0 Å². The Balaban J connectivity index is 1.52. The first-order chi connectivity index (χ1) is 16.8. The Morgan fingerprint density at radius 3 is 2.57 bits per heavy atom. The standard InChI is InChI=1S/C27H27FN4O3/c1-4-35-19-11-9-18(10-12-19)30-26(34)20-15-29-32-24(16-5-7-17(28)8-6-16)23-21(31-25(20)32)13-27(2,3)14-22(23)33/h5-12,15,24,31H,4,13-14H2,1-3H3,(H,30,34). The second-order valence-corrected chi connectivity index (χ2v) is 9.68. The zero-order valence-electron chi connectivity index (χ0n) is 19.9. The van der Waals surface area contributed by atoms with Crippen LogP contribution in [0.1, 0.15) is 55.6 Å². The largest absolute Gasteiger partial charge is 0.494 e. The van der Waals surface area contributed by atoms with Crippen molar-refractivity contribution in [3.8, 4) is 5.75 Å². The monoisotopic (exact) mass is 474 g/mol. The van der Waals surface area contributed by atoms with Crippen LogP contribution in [0.5, 0.6) is 5.75 Å². The molecule has 0 saturated carbocycles. The number of ether oxygens (including phenoxy) is 1. The van der Waals surface area contributed by atoms with Gasteiger partial charge in [0.15, 0.2) is 5.78 Å². The van der Waals surface area contributed by atoms with Gasteiger partial charge >= 0.3 is 0 Å². The molecular weight excluding hydrogens is 447 g/mol. The van der Waals surface area contributed by atoms with Gasteiger partial charge in [-0.3, -0.25) is 9.59 Å². The van der Waals surface area contributed by atoms with E-state index in [2.05, 4.69) is 29.6 Å². The number of hydrogen-bond donors (Lipinski definition) is 2. The summed E-state index contributed by atoms with van der Waals surface area (Å²) >= 11 is 0. The number of anilines is 2. The van der Waals surface area contributed by atoms with Gasteiger partial charge in [0.1, 0.15) is 29.0 Å². The van der Waals surface area contributed by atoms with Gasteiger partial charge in [0.25, 0.3) is 5.91 Å². The van der Waals surface area contributed by atoms with Gasteiger partial charge in [-0.2, -0.15) is 5.10 Å². The van der Waals surface area contributed by atoms with Gasteiger partial charge in [-0.25, -0.2) is 9.07 Å². The van der Waals surface area contributed by atoms with Crippen molar-refractivity contribution in [2.45, 2.75) is 39.7 Å². The number of rotatable bonds is 5. The number of nitrogens with one attached hydrogen (secondary N) is 2. The third-order valence-corrected chi connectivity index (χ3v) is 6.36. The van der Waals surface area contributed by atoms with E-state index in [1.54, 1.807) is 41.1 Å². The summed E-state index contributed by atoms with van der Waals surface area (Å²) in [4.78, 5) is 26.5. The molecule has 2 N–H and O–H groups in total. The molecule has 2 heterocycles. The molecule has 7 nitrogen and oxygen atoms in total. The molecule has 1 unspecified atom stereocenters. The third-order valence-electron chi connectivity index (χ3n) is 6.36. The summed E-state index contributed by atoms with van der Waals surface area (Å²) in [7, 11) is 0. The first-order valence-corrected chi connectivity index (χ1v) is 11.7. The second-order valence-electron chi connectivity index (χ2n) is 9.68. The normalized spacial score (nSPS) is 18.4. The number of aromatic nitrogens is 2. The van der Waals surface area contributed by atoms with Crippen molar-refractivity contribution in [3.63, 3.8) is 0 Å². The molecule has 180 valence electrons. The molecule has 1 aliphatic carbocycles. The van der Waals surface area contributed by atoms with E-state index in [0.717, 1.165) is 17.0 Å². The van der Waals surface area contributed by atoms with Crippen molar-refractivity contribution in [1.29, 1.82) is 0 Å². The lowest BCUT2D eigenvalue weighted by Crippen LogP contribution is -2.37. The molecule has 0 bridgehead atoms. The summed E-state index contributed by atoms with van der Waals surface area (Å²) in [6, 6.07) is 12.7. The van der Waals surface area contributed by atoms with Crippen LogP contribution in [0.4, 0.5) is 15.9 Å². The summed E-state index contributed by atoms with van der Waals surface area (Å²) in [5.74, 6) is 0.572. The predicted molar refractivity (Wildman–Crippen MR) is 131 cm³/mol. The molecule has 0 fully saturated rings. The van der Waals surface area contributed by atoms with Gasteiger partial charge in [0, 0.05) is 23.4 Å². The minimum Gasteiger partial charge on any atom is -0.494 e. The van der Waals surface area contributed by atoms with Crippen LogP contribution < -0.4 is 15.4 Å². The molecule has 0 spiro atoms. The van der Waals surface area contributed by atoms with E-state index in [1.807, 2.05) is 6.92 Å². The van der Waals surface area contributed by atoms with E-state index < -0.39 is 6.04 Å². The van der Waals surface area contributed by atoms with E-state index >= 15 is 0 Å². The highest BCUT2D eigenvalue weighted by Gasteiger charge is 2.42. The fourth-order valence-corrected chi connectivity index (χ4v) is 4.83. The molecule has 35 heavy (non-hydrogen) atoms. The maximum Gasteiger partial charge on any atom is 0.261 e. The van der Waals surface area contributed by atoms with Gasteiger partial charge in [-0.1, -0.05) is 26.0 Å². The molecule has 8 heteroatoms. The number of Topliss-reactive ketones (excluding diaryl/α,β-unsaturated/α-hetero) is 1. The number of allylic oxidation sites excluding steroid dienone is 2. The van der Waals surface area contributed by atoms with E-state index in [9.17, 15) is 14.0 Å². The first kappa shape index (κ1) is 22.8. The number of hydrogen-bond acceptors (Lipinski definition) is 5. The average Bonchev–Trinajstić information content (AvgIpc) is 3.23. The van der Waals surface area contributed by atoms with E-state index in [0.29, 0.717) is 42.1 Å². The number of carbonyl (C=O) groups is 2. The molecular formula is C27H27FN4O3. The lowest BCUT2D eigenvalue weighted by molar-refractivity contribution is -0.118. The fourth-order valence-electron chi connectivity index (χ4n) is 4.83. The Morgan fingerprint density at radius 1 is 1.17 bits per heavy atom. The minimum atomic E-state index is -0.544. The van der Waals surface area contributed by atoms with E-state index in [-0.39, 0.29) is 22.9 Å². The van der Waals surface area contributed by atoms with Crippen molar-refractivity contribution in [3.05, 3.63) is 82.9 Å². The predicted octanol–water partition coefficient (Wildman–Crippen LogP) is 5.33. The average molecular weight is 475 g/mol. The maximum absolute atomic E-state index is 13.7. The van der Waals surface area contributed by atoms with Crippen molar-refractivity contribution in [2.24, 2.45) is 5.41 Å². The highest BCUT2D eigenvalue weighted by atomic mass is 19.1. The molecule has 5 rings (SSSR count). The highest BCUT2D eigenvalue weighted by molar-refractivity contribution is 6.08. The van der Waals surface area contributed by atoms with E-state index in [1.165, 1.54) is 18.3 Å². The minimum absolute atomic E-state index is 0.0274. The number of amides is 1. The molecule has 3 aromatic rings. The number of nitrogens with zero attached hydrogens (tertiary/aromatic N) is 2. The summed E-state index contributed by atoms with van der Waals surface area (Å²) in [6.07, 6.45) is 2.56. The summed E-state index contributed by atoms with van der Waals surface area (Å²) in [5.41, 5.74) is 2.89. The number of benzene rings is 2. The van der Waals surface area contributed by atoms with Gasteiger partial charge in [-0.15, -0.1) is 0 Å². The topological polar surface area (TPSA) is 85.2 Å². The SMILES string of the molecule is CCOc1ccc(NC(=O)c2cnn3c2NC2=C(C(=O)CC(C)(C)C2)C3c2ccc(F)cc2)cc1. The second kappa shape index (κ2) is 8.69. The lowest BCUT2D eigenvalue weighted by atomic mass is 9.73. The van der Waals surface area contributed by atoms with Crippen LogP contribution in [0.25, 0.3) is 0 Å². The molecule has 2 aromatic carbocycles. The van der Waals surface area contributed by atoms with Crippen LogP contribution in [0.15, 0.2) is 66.0 Å². The van der Waals surface area contributed by atoms with Crippen LogP contribution in [0, 0.1) is 11.2 Å². The van der Waals surface area contributed by atoms with Crippen molar-refractivity contribution in [2.75, 3.05) is 17.2 Å². The van der Waals surface area contributed by atoms with Crippen LogP contribution in [-0.2, 0) is 4.79 Å². The van der Waals surface area contributed by atoms with Crippen molar-refractivity contribution in [1.82, 2.24) is 9.78 Å². The zero-order valence-corrected chi connectivity index (χ0v) is 19.9. The molecule has 1 atom stereocenters. The number of carbonyl (C=O) groups excluding carboxylic acids is 2. The zero-order chi connectivity index (χ0) is 24.7. The quantitative estimate of drug-likeness (QED) is 0.522. The molecule has 2 aliphatic rings. The summed E-state index contributed by atoms with van der Waals surface area (Å²) < 4.78 is 20.8. The Kier molecular flexibility index (Phi) is 5.67. The molecule has 0 radical (unpaired) electrons. The van der Waals surface area contributed by atoms with Crippen LogP contribution >= 0.6 is 0 Å². The molecule has 1 aliphatic heterocycles. The Hall–Kier alpha value is -3.94. The Bertz CT molecular complexity index is 1320. The molecule has 1 aromatic heterocycles. The Labute approximate surface area is 203 Å². The van der Waals surface area contributed by atoms with E-state index in [4.69, 9.17) is 4.74 Å². The molecule has 1 amide bonds. The summed E-state index contributed by atoms with van der Waals surface area (Å²) in [5, 5.41) is 10.7. The number of ketones is 1. The number of fused-ring (bicyclic) bond motifs is 1.